The molecule has 1 fully saturated rings. The Morgan fingerprint density at radius 3 is 2.64 bits per heavy atom. The molecule has 1 unspecified atom stereocenters. The molecule has 1 aliphatic rings. The first-order valence-electron chi connectivity index (χ1n) is 9.42. The Morgan fingerprint density at radius 1 is 1.07 bits per heavy atom. The molecule has 2 aromatic carbocycles. The number of rotatable bonds is 5. The molecule has 4 rings (SSSR count). The number of ether oxygens (including phenoxy) is 1. The fourth-order valence-corrected chi connectivity index (χ4v) is 3.74. The lowest BCUT2D eigenvalue weighted by Gasteiger charge is -2.36. The van der Waals surface area contributed by atoms with Crippen LogP contribution in [0.25, 0.3) is 11.1 Å². The number of benzene rings is 2. The topological polar surface area (TPSA) is 37.4 Å². The van der Waals surface area contributed by atoms with Crippen molar-refractivity contribution in [2.45, 2.75) is 12.6 Å². The van der Waals surface area contributed by atoms with Crippen molar-refractivity contribution in [2.24, 2.45) is 0 Å². The summed E-state index contributed by atoms with van der Waals surface area (Å²) >= 11 is 0. The predicted octanol–water partition coefficient (Wildman–Crippen LogP) is 4.33. The Kier molecular flexibility index (Phi) is 7.04. The lowest BCUT2D eigenvalue weighted by molar-refractivity contribution is 0.153. The second kappa shape index (κ2) is 9.69. The van der Waals surface area contributed by atoms with E-state index in [1.54, 1.807) is 7.11 Å². The van der Waals surface area contributed by atoms with Crippen LogP contribution in [0.1, 0.15) is 17.2 Å². The van der Waals surface area contributed by atoms with Gasteiger partial charge in [0, 0.05) is 50.2 Å². The van der Waals surface area contributed by atoms with Crippen molar-refractivity contribution >= 4 is 12.4 Å². The van der Waals surface area contributed by atoms with Crippen LogP contribution < -0.4 is 10.1 Å². The highest BCUT2D eigenvalue weighted by atomic mass is 35.5. The minimum Gasteiger partial charge on any atom is -0.496 e. The molecule has 0 amide bonds. The van der Waals surface area contributed by atoms with E-state index < -0.39 is 0 Å². The fraction of sp³-hybridized carbons (Fsp3) is 0.261. The third-order valence-corrected chi connectivity index (χ3v) is 5.18. The van der Waals surface area contributed by atoms with Gasteiger partial charge in [-0.15, -0.1) is 12.4 Å². The van der Waals surface area contributed by atoms with Crippen molar-refractivity contribution < 1.29 is 4.74 Å². The maximum absolute atomic E-state index is 5.49. The normalized spacial score (nSPS) is 17.0. The van der Waals surface area contributed by atoms with E-state index in [4.69, 9.17) is 4.74 Å². The van der Waals surface area contributed by atoms with E-state index >= 15 is 0 Å². The summed E-state index contributed by atoms with van der Waals surface area (Å²) in [4.78, 5) is 6.83. The second-order valence-electron chi connectivity index (χ2n) is 6.87. The van der Waals surface area contributed by atoms with Crippen LogP contribution in [-0.2, 0) is 6.54 Å². The van der Waals surface area contributed by atoms with Crippen LogP contribution >= 0.6 is 12.4 Å². The lowest BCUT2D eigenvalue weighted by Crippen LogP contribution is -2.45. The molecule has 0 spiro atoms. The molecule has 0 bridgehead atoms. The highest BCUT2D eigenvalue weighted by Crippen LogP contribution is 2.30. The Bertz CT molecular complexity index is 871. The van der Waals surface area contributed by atoms with Crippen LogP contribution in [0.3, 0.4) is 0 Å². The van der Waals surface area contributed by atoms with Gasteiger partial charge in [0.25, 0.3) is 0 Å². The first-order chi connectivity index (χ1) is 13.3. The number of halogens is 1. The molecule has 0 radical (unpaired) electrons. The molecular weight excluding hydrogens is 370 g/mol. The van der Waals surface area contributed by atoms with Gasteiger partial charge in [0.1, 0.15) is 5.75 Å². The van der Waals surface area contributed by atoms with Crippen molar-refractivity contribution in [3.8, 4) is 16.9 Å². The Hall–Kier alpha value is -2.40. The van der Waals surface area contributed by atoms with Gasteiger partial charge in [-0.3, -0.25) is 9.88 Å². The number of para-hydroxylation sites is 1. The van der Waals surface area contributed by atoms with E-state index in [-0.39, 0.29) is 12.4 Å². The molecule has 4 nitrogen and oxygen atoms in total. The molecule has 2 heterocycles. The summed E-state index contributed by atoms with van der Waals surface area (Å²) in [6.45, 7) is 3.96. The van der Waals surface area contributed by atoms with Crippen molar-refractivity contribution in [3.05, 3.63) is 84.2 Å². The van der Waals surface area contributed by atoms with Crippen molar-refractivity contribution in [1.29, 1.82) is 0 Å². The zero-order chi connectivity index (χ0) is 18.5. The molecule has 0 aliphatic carbocycles. The van der Waals surface area contributed by atoms with Crippen molar-refractivity contribution in [2.75, 3.05) is 26.7 Å². The summed E-state index contributed by atoms with van der Waals surface area (Å²) in [6, 6.07) is 21.5. The number of aromatic nitrogens is 1. The highest BCUT2D eigenvalue weighted by molar-refractivity contribution is 5.85. The quantitative estimate of drug-likeness (QED) is 0.697. The standard InChI is InChI=1S/C23H25N3O.ClH/c1-27-23-7-3-2-6-21(23)19-10-8-18(9-11-19)17-26-14-13-25-16-22(26)20-5-4-12-24-15-20;/h2-12,15,22,25H,13-14,16-17H2,1H3;1H. The third-order valence-electron chi connectivity index (χ3n) is 5.18. The Morgan fingerprint density at radius 2 is 1.89 bits per heavy atom. The van der Waals surface area contributed by atoms with E-state index in [0.29, 0.717) is 6.04 Å². The molecule has 0 saturated carbocycles. The largest absolute Gasteiger partial charge is 0.496 e. The van der Waals surface area contributed by atoms with E-state index in [0.717, 1.165) is 37.5 Å². The summed E-state index contributed by atoms with van der Waals surface area (Å²) in [5.41, 5.74) is 4.90. The van der Waals surface area contributed by atoms with Gasteiger partial charge in [-0.05, 0) is 28.8 Å². The SMILES string of the molecule is COc1ccccc1-c1ccc(CN2CCNCC2c2cccnc2)cc1.Cl. The molecule has 1 saturated heterocycles. The van der Waals surface area contributed by atoms with E-state index in [9.17, 15) is 0 Å². The van der Waals surface area contributed by atoms with Gasteiger partial charge in [-0.1, -0.05) is 48.5 Å². The minimum absolute atomic E-state index is 0. The van der Waals surface area contributed by atoms with Crippen LogP contribution in [0.4, 0.5) is 0 Å². The van der Waals surface area contributed by atoms with E-state index in [1.807, 2.05) is 36.7 Å². The van der Waals surface area contributed by atoms with E-state index in [1.165, 1.54) is 16.7 Å². The molecule has 1 aromatic heterocycles. The first-order valence-corrected chi connectivity index (χ1v) is 9.42. The number of pyridine rings is 1. The first kappa shape index (κ1) is 20.3. The number of nitrogens with one attached hydrogen (secondary N) is 1. The summed E-state index contributed by atoms with van der Waals surface area (Å²) in [6.07, 6.45) is 3.82. The van der Waals surface area contributed by atoms with Gasteiger partial charge < -0.3 is 10.1 Å². The Labute approximate surface area is 173 Å². The highest BCUT2D eigenvalue weighted by Gasteiger charge is 2.23. The minimum atomic E-state index is 0. The van der Waals surface area contributed by atoms with Crippen molar-refractivity contribution in [1.82, 2.24) is 15.2 Å². The predicted molar refractivity (Wildman–Crippen MR) is 116 cm³/mol. The molecule has 5 heteroatoms. The summed E-state index contributed by atoms with van der Waals surface area (Å²) in [7, 11) is 1.72. The molecule has 1 N–H and O–H groups in total. The van der Waals surface area contributed by atoms with Crippen LogP contribution in [0.15, 0.2) is 73.1 Å². The average Bonchev–Trinajstić information content (AvgIpc) is 2.75. The van der Waals surface area contributed by atoms with E-state index in [2.05, 4.69) is 51.6 Å². The number of piperazine rings is 1. The van der Waals surface area contributed by atoms with Crippen LogP contribution in [0, 0.1) is 0 Å². The van der Waals surface area contributed by atoms with Crippen LogP contribution in [-0.4, -0.2) is 36.6 Å². The van der Waals surface area contributed by atoms with Crippen molar-refractivity contribution in [3.63, 3.8) is 0 Å². The number of methoxy groups -OCH3 is 1. The molecule has 28 heavy (non-hydrogen) atoms. The Balaban J connectivity index is 0.00000225. The monoisotopic (exact) mass is 395 g/mol. The van der Waals surface area contributed by atoms with Gasteiger partial charge in [-0.2, -0.15) is 0 Å². The van der Waals surface area contributed by atoms with Gasteiger partial charge >= 0.3 is 0 Å². The number of hydrogen-bond acceptors (Lipinski definition) is 4. The summed E-state index contributed by atoms with van der Waals surface area (Å²) in [5, 5.41) is 3.51. The summed E-state index contributed by atoms with van der Waals surface area (Å²) < 4.78 is 5.49. The zero-order valence-electron chi connectivity index (χ0n) is 16.0. The summed E-state index contributed by atoms with van der Waals surface area (Å²) in [5.74, 6) is 0.906. The average molecular weight is 396 g/mol. The van der Waals surface area contributed by atoms with Gasteiger partial charge in [0.05, 0.1) is 7.11 Å². The zero-order valence-corrected chi connectivity index (χ0v) is 16.9. The molecule has 1 aliphatic heterocycles. The molecule has 1 atom stereocenters. The fourth-order valence-electron chi connectivity index (χ4n) is 3.74. The molecule has 3 aromatic rings. The van der Waals surface area contributed by atoms with Gasteiger partial charge in [0.2, 0.25) is 0 Å². The molecular formula is C23H26ClN3O. The van der Waals surface area contributed by atoms with Crippen LogP contribution in [0.2, 0.25) is 0 Å². The van der Waals surface area contributed by atoms with Crippen LogP contribution in [0.5, 0.6) is 5.75 Å². The second-order valence-corrected chi connectivity index (χ2v) is 6.87. The molecule has 146 valence electrons. The maximum Gasteiger partial charge on any atom is 0.126 e. The number of nitrogens with zero attached hydrogens (tertiary/aromatic N) is 2. The van der Waals surface area contributed by atoms with Gasteiger partial charge in [-0.25, -0.2) is 0 Å². The number of hydrogen-bond donors (Lipinski definition) is 1. The maximum atomic E-state index is 5.49. The third kappa shape index (κ3) is 4.53. The smallest absolute Gasteiger partial charge is 0.126 e. The lowest BCUT2D eigenvalue weighted by atomic mass is 10.0. The van der Waals surface area contributed by atoms with Gasteiger partial charge in [0.15, 0.2) is 0 Å².